The molecule has 0 amide bonds. The minimum absolute atomic E-state index is 0.0360. The molecule has 1 fully saturated rings. The van der Waals surface area contributed by atoms with Gasteiger partial charge in [-0.25, -0.2) is 4.18 Å². The highest BCUT2D eigenvalue weighted by Gasteiger charge is 2.48. The van der Waals surface area contributed by atoms with E-state index in [0.29, 0.717) is 13.0 Å². The molecule has 0 radical (unpaired) electrons. The first-order chi connectivity index (χ1) is 30.1. The summed E-state index contributed by atoms with van der Waals surface area (Å²) in [5.41, 5.74) is 0. The van der Waals surface area contributed by atoms with Crippen LogP contribution < -0.4 is 0 Å². The van der Waals surface area contributed by atoms with Gasteiger partial charge in [-0.05, 0) is 44.9 Å². The smallest absolute Gasteiger partial charge is 0.397 e. The summed E-state index contributed by atoms with van der Waals surface area (Å²) >= 11 is 0. The van der Waals surface area contributed by atoms with Crippen LogP contribution in [0.25, 0.3) is 0 Å². The summed E-state index contributed by atoms with van der Waals surface area (Å²) in [7, 11) is -5.06. The van der Waals surface area contributed by atoms with Crippen molar-refractivity contribution in [2.24, 2.45) is 0 Å². The number of hydrogen-bond donors (Lipinski definition) is 4. The zero-order valence-corrected chi connectivity index (χ0v) is 40.0. The SMILES string of the molecule is CCCCC/C=C\C/C=C\CCCCCCCCCCOCC(COC1OC(CO)C(O)C(OS(=O)(=O)O)C1O)OC(=O)CCCCCCCCCCCCCCCCCCC. The average Bonchev–Trinajstić information content (AvgIpc) is 3.24. The lowest BCUT2D eigenvalue weighted by molar-refractivity contribution is -0.301. The van der Waals surface area contributed by atoms with Crippen LogP contribution in [-0.4, -0.2) is 97.5 Å². The molecule has 1 aliphatic heterocycles. The Morgan fingerprint density at radius 3 is 1.56 bits per heavy atom. The zero-order chi connectivity index (χ0) is 45.4. The number of ether oxygens (including phenoxy) is 4. The van der Waals surface area contributed by atoms with Crippen LogP contribution in [0.15, 0.2) is 24.3 Å². The second kappa shape index (κ2) is 41.0. The number of hydrogen-bond acceptors (Lipinski definition) is 11. The lowest BCUT2D eigenvalue weighted by atomic mass is 9.99. The molecule has 1 heterocycles. The highest BCUT2D eigenvalue weighted by Crippen LogP contribution is 2.26. The van der Waals surface area contributed by atoms with Gasteiger partial charge in [0.05, 0.1) is 19.8 Å². The molecule has 62 heavy (non-hydrogen) atoms. The monoisotopic (exact) mass is 905 g/mol. The summed E-state index contributed by atoms with van der Waals surface area (Å²) in [4.78, 5) is 12.9. The molecule has 13 heteroatoms. The minimum atomic E-state index is -5.06. The third-order valence-corrected chi connectivity index (χ3v) is 12.0. The molecular formula is C49H92O12S. The lowest BCUT2D eigenvalue weighted by Gasteiger charge is -2.41. The van der Waals surface area contributed by atoms with Gasteiger partial charge in [-0.1, -0.05) is 192 Å². The maximum atomic E-state index is 12.9. The van der Waals surface area contributed by atoms with Gasteiger partial charge in [0.25, 0.3) is 0 Å². The van der Waals surface area contributed by atoms with Gasteiger partial charge >= 0.3 is 16.4 Å². The molecule has 6 unspecified atom stereocenters. The van der Waals surface area contributed by atoms with Crippen LogP contribution in [0.1, 0.15) is 219 Å². The normalized spacial score (nSPS) is 20.1. The second-order valence-electron chi connectivity index (χ2n) is 17.4. The number of esters is 1. The molecule has 12 nitrogen and oxygen atoms in total. The van der Waals surface area contributed by atoms with Crippen molar-refractivity contribution < 1.29 is 56.2 Å². The second-order valence-corrected chi connectivity index (χ2v) is 18.5. The van der Waals surface area contributed by atoms with Gasteiger partial charge in [-0.15, -0.1) is 0 Å². The number of carbonyl (C=O) groups excluding carboxylic acids is 1. The Kier molecular flexibility index (Phi) is 38.8. The van der Waals surface area contributed by atoms with E-state index in [9.17, 15) is 33.1 Å². The quantitative estimate of drug-likeness (QED) is 0.0197. The first-order valence-electron chi connectivity index (χ1n) is 25.1. The maximum Gasteiger partial charge on any atom is 0.397 e. The molecule has 4 N–H and O–H groups in total. The Bertz CT molecular complexity index is 1180. The molecule has 1 rings (SSSR count). The van der Waals surface area contributed by atoms with E-state index in [2.05, 4.69) is 42.3 Å². The molecule has 1 saturated heterocycles. The fourth-order valence-electron chi connectivity index (χ4n) is 7.76. The van der Waals surface area contributed by atoms with Crippen molar-refractivity contribution >= 4 is 16.4 Å². The fourth-order valence-corrected chi connectivity index (χ4v) is 8.27. The molecule has 0 aromatic heterocycles. The molecule has 0 aromatic carbocycles. The maximum absolute atomic E-state index is 12.9. The van der Waals surface area contributed by atoms with Gasteiger partial charge in [0.1, 0.15) is 30.5 Å². The van der Waals surface area contributed by atoms with Gasteiger partial charge in [-0.2, -0.15) is 8.42 Å². The Labute approximate surface area is 378 Å². The van der Waals surface area contributed by atoms with Gasteiger partial charge < -0.3 is 34.3 Å². The van der Waals surface area contributed by atoms with Crippen molar-refractivity contribution in [1.29, 1.82) is 0 Å². The summed E-state index contributed by atoms with van der Waals surface area (Å²) in [6.45, 7) is 3.99. The van der Waals surface area contributed by atoms with Crippen LogP contribution in [0.4, 0.5) is 0 Å². The summed E-state index contributed by atoms with van der Waals surface area (Å²) in [6, 6.07) is 0. The van der Waals surface area contributed by atoms with Gasteiger partial charge in [-0.3, -0.25) is 9.35 Å². The van der Waals surface area contributed by atoms with Crippen LogP contribution in [0.5, 0.6) is 0 Å². The van der Waals surface area contributed by atoms with Crippen molar-refractivity contribution in [3.05, 3.63) is 24.3 Å². The van der Waals surface area contributed by atoms with E-state index in [1.54, 1.807) is 0 Å². The molecule has 0 bridgehead atoms. The van der Waals surface area contributed by atoms with Crippen molar-refractivity contribution in [2.45, 2.75) is 256 Å². The van der Waals surface area contributed by atoms with Crippen LogP contribution in [0.2, 0.25) is 0 Å². The summed E-state index contributed by atoms with van der Waals surface area (Å²) in [6.07, 6.45) is 37.7. The summed E-state index contributed by atoms with van der Waals surface area (Å²) in [5, 5.41) is 30.7. The predicted molar refractivity (Wildman–Crippen MR) is 248 cm³/mol. The fraction of sp³-hybridized carbons (Fsp3) is 0.898. The van der Waals surface area contributed by atoms with Gasteiger partial charge in [0.2, 0.25) is 0 Å². The van der Waals surface area contributed by atoms with Crippen molar-refractivity contribution in [2.75, 3.05) is 26.4 Å². The number of unbranched alkanes of at least 4 members (excludes halogenated alkanes) is 27. The van der Waals surface area contributed by atoms with Crippen LogP contribution >= 0.6 is 0 Å². The number of aliphatic hydroxyl groups is 3. The van der Waals surface area contributed by atoms with E-state index in [4.69, 9.17) is 18.9 Å². The predicted octanol–water partition coefficient (Wildman–Crippen LogP) is 11.2. The van der Waals surface area contributed by atoms with E-state index in [0.717, 1.165) is 51.4 Å². The average molecular weight is 905 g/mol. The highest BCUT2D eigenvalue weighted by molar-refractivity contribution is 7.80. The van der Waals surface area contributed by atoms with Crippen LogP contribution in [0, 0.1) is 0 Å². The van der Waals surface area contributed by atoms with Crippen molar-refractivity contribution in [3.8, 4) is 0 Å². The van der Waals surface area contributed by atoms with Crippen molar-refractivity contribution in [3.63, 3.8) is 0 Å². The first-order valence-corrected chi connectivity index (χ1v) is 26.5. The summed E-state index contributed by atoms with van der Waals surface area (Å²) in [5.74, 6) is -0.397. The Hall–Kier alpha value is -1.42. The van der Waals surface area contributed by atoms with Crippen LogP contribution in [-0.2, 0) is 38.3 Å². The topological polar surface area (TPSA) is 178 Å². The first kappa shape index (κ1) is 58.6. The van der Waals surface area contributed by atoms with Crippen LogP contribution in [0.3, 0.4) is 0 Å². The van der Waals surface area contributed by atoms with Crippen molar-refractivity contribution in [1.82, 2.24) is 0 Å². The van der Waals surface area contributed by atoms with E-state index < -0.39 is 59.8 Å². The Balaban J connectivity index is 2.37. The van der Waals surface area contributed by atoms with Gasteiger partial charge in [0, 0.05) is 13.0 Å². The van der Waals surface area contributed by atoms with E-state index >= 15 is 0 Å². The molecule has 6 atom stereocenters. The van der Waals surface area contributed by atoms with Gasteiger partial charge in [0.15, 0.2) is 6.29 Å². The third-order valence-electron chi connectivity index (χ3n) is 11.6. The molecule has 0 aromatic rings. The number of rotatable bonds is 44. The molecule has 0 aliphatic carbocycles. The molecule has 366 valence electrons. The Morgan fingerprint density at radius 1 is 0.613 bits per heavy atom. The molecule has 1 aliphatic rings. The Morgan fingerprint density at radius 2 is 1.06 bits per heavy atom. The largest absolute Gasteiger partial charge is 0.457 e. The number of allylic oxidation sites excluding steroid dienone is 4. The van der Waals surface area contributed by atoms with E-state index in [1.807, 2.05) is 0 Å². The summed E-state index contributed by atoms with van der Waals surface area (Å²) < 4.78 is 59.2. The van der Waals surface area contributed by atoms with E-state index in [1.165, 1.54) is 141 Å². The number of aliphatic hydroxyl groups excluding tert-OH is 3. The zero-order valence-electron chi connectivity index (χ0n) is 39.2. The highest BCUT2D eigenvalue weighted by atomic mass is 32.3. The third kappa shape index (κ3) is 34.0. The molecular weight excluding hydrogens is 813 g/mol. The van der Waals surface area contributed by atoms with E-state index in [-0.39, 0.29) is 19.6 Å². The standard InChI is InChI=1S/C49H92O12S/c1-3-5-7-9-11-13-15-17-19-21-23-25-27-29-31-33-35-37-39-57-41-43(42-58-49-47(53)48(61-62(54,55)56)46(52)44(40-50)60-49)59-45(51)38-36-34-32-30-28-26-24-22-20-18-16-14-12-10-8-6-4-2/h11,13,17,19,43-44,46-50,52-53H,3-10,12,14-16,18,20-42H2,1-2H3,(H,54,55,56)/b13-11-,19-17-. The number of carbonyl (C=O) groups is 1. The molecule has 0 saturated carbocycles. The lowest BCUT2D eigenvalue weighted by Crippen LogP contribution is -2.60. The minimum Gasteiger partial charge on any atom is -0.457 e. The molecule has 0 spiro atoms.